The Labute approximate surface area is 189 Å². The summed E-state index contributed by atoms with van der Waals surface area (Å²) in [6.45, 7) is 6.56. The van der Waals surface area contributed by atoms with E-state index in [9.17, 15) is 13.2 Å². The molecule has 0 unspecified atom stereocenters. The highest BCUT2D eigenvalue weighted by Crippen LogP contribution is 2.23. The van der Waals surface area contributed by atoms with E-state index in [4.69, 9.17) is 4.74 Å². The van der Waals surface area contributed by atoms with Gasteiger partial charge in [-0.2, -0.15) is 0 Å². The topological polar surface area (TPSA) is 75.7 Å². The Morgan fingerprint density at radius 1 is 0.906 bits per heavy atom. The van der Waals surface area contributed by atoms with Gasteiger partial charge in [-0.05, 0) is 74.4 Å². The van der Waals surface area contributed by atoms with Crippen LogP contribution in [0.15, 0.2) is 71.6 Å². The van der Waals surface area contributed by atoms with Crippen LogP contribution in [0.25, 0.3) is 0 Å². The molecular weight excluding hydrogens is 424 g/mol. The van der Waals surface area contributed by atoms with Gasteiger partial charge in [0, 0.05) is 12.6 Å². The predicted octanol–water partition coefficient (Wildman–Crippen LogP) is 4.25. The molecule has 0 aliphatic rings. The maximum Gasteiger partial charge on any atom is 0.264 e. The summed E-state index contributed by atoms with van der Waals surface area (Å²) < 4.78 is 32.7. The average molecular weight is 453 g/mol. The normalized spacial score (nSPS) is 11.1. The summed E-state index contributed by atoms with van der Waals surface area (Å²) in [5.41, 5.74) is 3.99. The molecule has 168 valence electrons. The number of carbonyl (C=O) groups is 1. The Balaban J connectivity index is 1.63. The number of sulfonamides is 1. The van der Waals surface area contributed by atoms with Crippen LogP contribution in [0.3, 0.4) is 0 Å². The molecule has 1 amide bonds. The van der Waals surface area contributed by atoms with Crippen LogP contribution in [0.4, 0.5) is 5.69 Å². The minimum absolute atomic E-state index is 0.198. The van der Waals surface area contributed by atoms with Gasteiger partial charge in [0.25, 0.3) is 15.9 Å². The number of benzene rings is 3. The fraction of sp³-hybridized carbons (Fsp3) is 0.240. The van der Waals surface area contributed by atoms with Crippen molar-refractivity contribution < 1.29 is 17.9 Å². The lowest BCUT2D eigenvalue weighted by Gasteiger charge is -2.20. The molecule has 0 saturated carbocycles. The summed E-state index contributed by atoms with van der Waals surface area (Å²) >= 11 is 0. The molecule has 0 saturated heterocycles. The van der Waals surface area contributed by atoms with Crippen molar-refractivity contribution in [2.75, 3.05) is 24.5 Å². The first-order valence-electron chi connectivity index (χ1n) is 10.3. The molecule has 0 aliphatic heterocycles. The van der Waals surface area contributed by atoms with Crippen LogP contribution in [-0.4, -0.2) is 34.5 Å². The molecule has 3 rings (SSSR count). The summed E-state index contributed by atoms with van der Waals surface area (Å²) in [4.78, 5) is 12.8. The molecule has 0 spiro atoms. The van der Waals surface area contributed by atoms with Crippen molar-refractivity contribution >= 4 is 21.6 Å². The Morgan fingerprint density at radius 2 is 1.56 bits per heavy atom. The molecule has 0 radical (unpaired) electrons. The van der Waals surface area contributed by atoms with Gasteiger partial charge in [0.05, 0.1) is 17.1 Å². The van der Waals surface area contributed by atoms with Crippen molar-refractivity contribution in [1.82, 2.24) is 5.32 Å². The average Bonchev–Trinajstić information content (AvgIpc) is 2.76. The molecule has 7 heteroatoms. The molecule has 0 fully saturated rings. The van der Waals surface area contributed by atoms with Gasteiger partial charge in [-0.3, -0.25) is 9.10 Å². The number of aryl methyl sites for hydroxylation is 3. The number of anilines is 1. The Morgan fingerprint density at radius 3 is 2.22 bits per heavy atom. The van der Waals surface area contributed by atoms with Crippen LogP contribution >= 0.6 is 0 Å². The van der Waals surface area contributed by atoms with E-state index in [0.717, 1.165) is 22.4 Å². The highest BCUT2D eigenvalue weighted by atomic mass is 32.2. The molecule has 0 heterocycles. The first kappa shape index (κ1) is 23.3. The zero-order valence-electron chi connectivity index (χ0n) is 18.8. The minimum atomic E-state index is -3.73. The zero-order chi connectivity index (χ0) is 23.3. The standard InChI is InChI=1S/C25H28N2O4S/c1-18-8-10-24(11-9-18)32(29,30)27(4)22-7-5-6-21(17-22)25(28)26-12-13-31-23-15-19(2)14-20(3)16-23/h5-11,14-17H,12-13H2,1-4H3,(H,26,28). The van der Waals surface area contributed by atoms with Crippen molar-refractivity contribution in [3.63, 3.8) is 0 Å². The van der Waals surface area contributed by atoms with Crippen LogP contribution in [0, 0.1) is 20.8 Å². The molecule has 0 atom stereocenters. The summed E-state index contributed by atoms with van der Waals surface area (Å²) in [5.74, 6) is 0.471. The molecule has 1 N–H and O–H groups in total. The molecule has 32 heavy (non-hydrogen) atoms. The Bertz CT molecular complexity index is 1180. The number of nitrogens with zero attached hydrogens (tertiary/aromatic N) is 1. The maximum absolute atomic E-state index is 12.9. The van der Waals surface area contributed by atoms with Crippen molar-refractivity contribution in [2.24, 2.45) is 0 Å². The number of carbonyl (C=O) groups excluding carboxylic acids is 1. The van der Waals surface area contributed by atoms with Gasteiger partial charge in [-0.25, -0.2) is 8.42 Å². The van der Waals surface area contributed by atoms with Crippen molar-refractivity contribution in [3.8, 4) is 5.75 Å². The van der Waals surface area contributed by atoms with Crippen LogP contribution in [0.1, 0.15) is 27.0 Å². The van der Waals surface area contributed by atoms with Crippen molar-refractivity contribution in [2.45, 2.75) is 25.7 Å². The summed E-state index contributed by atoms with van der Waals surface area (Å²) in [5, 5.41) is 2.81. The number of amides is 1. The molecule has 3 aromatic carbocycles. The highest BCUT2D eigenvalue weighted by molar-refractivity contribution is 7.92. The van der Waals surface area contributed by atoms with Gasteiger partial charge in [0.1, 0.15) is 12.4 Å². The van der Waals surface area contributed by atoms with E-state index in [-0.39, 0.29) is 10.8 Å². The van der Waals surface area contributed by atoms with Crippen LogP contribution in [0.5, 0.6) is 5.75 Å². The van der Waals surface area contributed by atoms with E-state index >= 15 is 0 Å². The smallest absolute Gasteiger partial charge is 0.264 e. The number of hydrogen-bond acceptors (Lipinski definition) is 4. The van der Waals surface area contributed by atoms with E-state index in [1.54, 1.807) is 48.5 Å². The summed E-state index contributed by atoms with van der Waals surface area (Å²) in [6.07, 6.45) is 0. The van der Waals surface area contributed by atoms with Gasteiger partial charge < -0.3 is 10.1 Å². The maximum atomic E-state index is 12.9. The van der Waals surface area contributed by atoms with Crippen LogP contribution in [-0.2, 0) is 10.0 Å². The van der Waals surface area contributed by atoms with E-state index in [1.807, 2.05) is 32.9 Å². The van der Waals surface area contributed by atoms with E-state index in [2.05, 4.69) is 11.4 Å². The second-order valence-corrected chi connectivity index (χ2v) is 9.73. The lowest BCUT2D eigenvalue weighted by atomic mass is 10.1. The third-order valence-corrected chi connectivity index (χ3v) is 6.80. The lowest BCUT2D eigenvalue weighted by molar-refractivity contribution is 0.0947. The second kappa shape index (κ2) is 9.87. The number of hydrogen-bond donors (Lipinski definition) is 1. The first-order chi connectivity index (χ1) is 15.2. The lowest BCUT2D eigenvalue weighted by Crippen LogP contribution is -2.29. The monoisotopic (exact) mass is 452 g/mol. The van der Waals surface area contributed by atoms with Gasteiger partial charge in [-0.15, -0.1) is 0 Å². The number of nitrogens with one attached hydrogen (secondary N) is 1. The van der Waals surface area contributed by atoms with Crippen molar-refractivity contribution in [3.05, 3.63) is 89.0 Å². The third kappa shape index (κ3) is 5.68. The Kier molecular flexibility index (Phi) is 7.20. The van der Waals surface area contributed by atoms with Gasteiger partial charge in [-0.1, -0.05) is 29.8 Å². The minimum Gasteiger partial charge on any atom is -0.492 e. The molecule has 0 aliphatic carbocycles. The molecule has 3 aromatic rings. The predicted molar refractivity (Wildman–Crippen MR) is 127 cm³/mol. The van der Waals surface area contributed by atoms with E-state index in [0.29, 0.717) is 24.4 Å². The third-order valence-electron chi connectivity index (χ3n) is 5.00. The van der Waals surface area contributed by atoms with Gasteiger partial charge in [0.2, 0.25) is 0 Å². The fourth-order valence-corrected chi connectivity index (χ4v) is 4.49. The molecule has 6 nitrogen and oxygen atoms in total. The molecule has 0 bridgehead atoms. The van der Waals surface area contributed by atoms with E-state index < -0.39 is 10.0 Å². The highest BCUT2D eigenvalue weighted by Gasteiger charge is 2.21. The largest absolute Gasteiger partial charge is 0.492 e. The Hall–Kier alpha value is -3.32. The summed E-state index contributed by atoms with van der Waals surface area (Å²) in [7, 11) is -2.25. The molecule has 0 aromatic heterocycles. The van der Waals surface area contributed by atoms with E-state index in [1.165, 1.54) is 11.4 Å². The quantitative estimate of drug-likeness (QED) is 0.519. The molecular formula is C25H28N2O4S. The second-order valence-electron chi connectivity index (χ2n) is 7.76. The SMILES string of the molecule is Cc1ccc(S(=O)(=O)N(C)c2cccc(C(=O)NCCOc3cc(C)cc(C)c3)c2)cc1. The van der Waals surface area contributed by atoms with Crippen molar-refractivity contribution in [1.29, 1.82) is 0 Å². The number of rotatable bonds is 8. The van der Waals surface area contributed by atoms with Gasteiger partial charge in [0.15, 0.2) is 0 Å². The fourth-order valence-electron chi connectivity index (χ4n) is 3.30. The van der Waals surface area contributed by atoms with Crippen LogP contribution < -0.4 is 14.4 Å². The van der Waals surface area contributed by atoms with Crippen LogP contribution in [0.2, 0.25) is 0 Å². The summed E-state index contributed by atoms with van der Waals surface area (Å²) in [6, 6.07) is 19.2. The first-order valence-corrected chi connectivity index (χ1v) is 11.8. The van der Waals surface area contributed by atoms with Gasteiger partial charge >= 0.3 is 0 Å². The number of ether oxygens (including phenoxy) is 1. The zero-order valence-corrected chi connectivity index (χ0v) is 19.6.